The number of oxazole rings is 1. The van der Waals surface area contributed by atoms with Crippen LogP contribution in [0.15, 0.2) is 34.9 Å². The quantitative estimate of drug-likeness (QED) is 0.780. The number of amides is 1. The van der Waals surface area contributed by atoms with Crippen LogP contribution in [0.4, 0.5) is 0 Å². The molecule has 150 valence electrons. The van der Waals surface area contributed by atoms with Crippen molar-refractivity contribution in [3.63, 3.8) is 0 Å². The van der Waals surface area contributed by atoms with Gasteiger partial charge in [0.1, 0.15) is 0 Å². The van der Waals surface area contributed by atoms with Gasteiger partial charge in [-0.1, -0.05) is 29.8 Å². The first-order valence-corrected chi connectivity index (χ1v) is 9.10. The van der Waals surface area contributed by atoms with Gasteiger partial charge in [0.2, 0.25) is 5.91 Å². The first-order chi connectivity index (χ1) is 12.2. The number of benzene rings is 1. The van der Waals surface area contributed by atoms with E-state index < -0.39 is 0 Å². The molecule has 0 bridgehead atoms. The van der Waals surface area contributed by atoms with Gasteiger partial charge in [0.25, 0.3) is 0 Å². The van der Waals surface area contributed by atoms with Gasteiger partial charge in [-0.05, 0) is 39.3 Å². The van der Waals surface area contributed by atoms with E-state index in [-0.39, 0.29) is 30.7 Å². The minimum atomic E-state index is 0. The first kappa shape index (κ1) is 23.5. The lowest BCUT2D eigenvalue weighted by atomic mass is 9.96. The lowest BCUT2D eigenvalue weighted by Gasteiger charge is -2.32. The van der Waals surface area contributed by atoms with Crippen molar-refractivity contribution >= 4 is 30.7 Å². The second kappa shape index (κ2) is 11.3. The van der Waals surface area contributed by atoms with E-state index in [0.29, 0.717) is 24.7 Å². The standard InChI is InChI=1S/C20H27N3O2.2ClH/c1-15-3-5-17(6-4-15)18-14-22-19(25-18)7-8-20(24)23-11-9-16(10-12-23)13-21-2;;/h3-6,14,16,21H,7-13H2,1-2H3;2*1H. The molecule has 0 radical (unpaired) electrons. The van der Waals surface area contributed by atoms with Crippen molar-refractivity contribution in [1.29, 1.82) is 0 Å². The number of aryl methyl sites for hydroxylation is 2. The molecule has 7 heteroatoms. The fourth-order valence-electron chi connectivity index (χ4n) is 3.32. The molecule has 0 atom stereocenters. The van der Waals surface area contributed by atoms with Gasteiger partial charge in [-0.15, -0.1) is 24.8 Å². The summed E-state index contributed by atoms with van der Waals surface area (Å²) >= 11 is 0. The Labute approximate surface area is 173 Å². The Morgan fingerprint density at radius 3 is 2.52 bits per heavy atom. The highest BCUT2D eigenvalue weighted by Crippen LogP contribution is 2.22. The van der Waals surface area contributed by atoms with Gasteiger partial charge >= 0.3 is 0 Å². The fourth-order valence-corrected chi connectivity index (χ4v) is 3.32. The molecule has 2 aromatic rings. The number of nitrogens with one attached hydrogen (secondary N) is 1. The molecule has 1 saturated heterocycles. The second-order valence-corrected chi connectivity index (χ2v) is 6.87. The molecule has 0 unspecified atom stereocenters. The lowest BCUT2D eigenvalue weighted by molar-refractivity contribution is -0.132. The van der Waals surface area contributed by atoms with Gasteiger partial charge < -0.3 is 14.6 Å². The van der Waals surface area contributed by atoms with E-state index in [4.69, 9.17) is 4.42 Å². The number of hydrogen-bond donors (Lipinski definition) is 1. The fraction of sp³-hybridized carbons (Fsp3) is 0.500. The van der Waals surface area contributed by atoms with Crippen molar-refractivity contribution in [3.05, 3.63) is 41.9 Å². The third-order valence-corrected chi connectivity index (χ3v) is 4.90. The smallest absolute Gasteiger partial charge is 0.223 e. The molecule has 5 nitrogen and oxygen atoms in total. The zero-order valence-electron chi connectivity index (χ0n) is 15.9. The number of piperidine rings is 1. The molecule has 0 saturated carbocycles. The number of rotatable bonds is 6. The predicted octanol–water partition coefficient (Wildman–Crippen LogP) is 3.88. The molecule has 1 aromatic heterocycles. The van der Waals surface area contributed by atoms with Crippen molar-refractivity contribution in [1.82, 2.24) is 15.2 Å². The van der Waals surface area contributed by atoms with Crippen LogP contribution in [0.5, 0.6) is 0 Å². The van der Waals surface area contributed by atoms with Crippen LogP contribution < -0.4 is 5.32 Å². The lowest BCUT2D eigenvalue weighted by Crippen LogP contribution is -2.40. The number of carbonyl (C=O) groups is 1. The molecule has 1 fully saturated rings. The Morgan fingerprint density at radius 2 is 1.89 bits per heavy atom. The third-order valence-electron chi connectivity index (χ3n) is 4.90. The van der Waals surface area contributed by atoms with E-state index in [9.17, 15) is 4.79 Å². The van der Waals surface area contributed by atoms with Gasteiger partial charge in [0, 0.05) is 31.5 Å². The molecule has 2 heterocycles. The first-order valence-electron chi connectivity index (χ1n) is 9.10. The van der Waals surface area contributed by atoms with Gasteiger partial charge in [0.15, 0.2) is 11.7 Å². The third kappa shape index (κ3) is 6.52. The SMILES string of the molecule is CNCC1CCN(C(=O)CCc2ncc(-c3ccc(C)cc3)o2)CC1.Cl.Cl. The minimum absolute atomic E-state index is 0. The topological polar surface area (TPSA) is 58.4 Å². The Balaban J connectivity index is 0.00000182. The molecule has 1 aromatic carbocycles. The Hall–Kier alpha value is -1.56. The van der Waals surface area contributed by atoms with Crippen molar-refractivity contribution in [2.75, 3.05) is 26.7 Å². The summed E-state index contributed by atoms with van der Waals surface area (Å²) in [7, 11) is 1.98. The molecule has 1 aliphatic rings. The summed E-state index contributed by atoms with van der Waals surface area (Å²) in [5.41, 5.74) is 2.23. The number of nitrogens with zero attached hydrogens (tertiary/aromatic N) is 2. The van der Waals surface area contributed by atoms with Gasteiger partial charge in [-0.3, -0.25) is 4.79 Å². The minimum Gasteiger partial charge on any atom is -0.441 e. The molecule has 3 rings (SSSR count). The highest BCUT2D eigenvalue weighted by Gasteiger charge is 2.22. The summed E-state index contributed by atoms with van der Waals surface area (Å²) in [4.78, 5) is 18.7. The van der Waals surface area contributed by atoms with Gasteiger partial charge in [-0.25, -0.2) is 4.98 Å². The molecular weight excluding hydrogens is 385 g/mol. The normalized spacial score (nSPS) is 14.4. The summed E-state index contributed by atoms with van der Waals surface area (Å²) in [5, 5.41) is 3.22. The van der Waals surface area contributed by atoms with Crippen LogP contribution in [-0.4, -0.2) is 42.5 Å². The average molecular weight is 414 g/mol. The number of likely N-dealkylation sites (tertiary alicyclic amines) is 1. The van der Waals surface area contributed by atoms with Crippen LogP contribution >= 0.6 is 24.8 Å². The highest BCUT2D eigenvalue weighted by atomic mass is 35.5. The molecule has 1 aliphatic heterocycles. The Bertz CT molecular complexity index is 696. The number of carbonyl (C=O) groups excluding carboxylic acids is 1. The van der Waals surface area contributed by atoms with E-state index in [0.717, 1.165) is 43.8 Å². The number of aromatic nitrogens is 1. The molecule has 1 amide bonds. The van der Waals surface area contributed by atoms with Crippen molar-refractivity contribution < 1.29 is 9.21 Å². The zero-order chi connectivity index (χ0) is 17.6. The van der Waals surface area contributed by atoms with E-state index in [1.54, 1.807) is 6.20 Å². The van der Waals surface area contributed by atoms with E-state index >= 15 is 0 Å². The second-order valence-electron chi connectivity index (χ2n) is 6.87. The maximum atomic E-state index is 12.4. The van der Waals surface area contributed by atoms with Crippen LogP contribution in [0.2, 0.25) is 0 Å². The maximum absolute atomic E-state index is 12.4. The summed E-state index contributed by atoms with van der Waals surface area (Å²) in [5.74, 6) is 2.29. The summed E-state index contributed by atoms with van der Waals surface area (Å²) < 4.78 is 5.81. The number of hydrogen-bond acceptors (Lipinski definition) is 4. The van der Waals surface area contributed by atoms with Crippen LogP contribution in [0, 0.1) is 12.8 Å². The molecular formula is C20H29Cl2N3O2. The largest absolute Gasteiger partial charge is 0.441 e. The summed E-state index contributed by atoms with van der Waals surface area (Å²) in [6.07, 6.45) is 4.94. The van der Waals surface area contributed by atoms with Crippen molar-refractivity contribution in [2.24, 2.45) is 5.92 Å². The highest BCUT2D eigenvalue weighted by molar-refractivity contribution is 5.85. The average Bonchev–Trinajstić information content (AvgIpc) is 3.10. The van der Waals surface area contributed by atoms with E-state index in [1.807, 2.05) is 24.1 Å². The number of halogens is 2. The van der Waals surface area contributed by atoms with Gasteiger partial charge in [0.05, 0.1) is 6.20 Å². The van der Waals surface area contributed by atoms with Crippen LogP contribution in [0.25, 0.3) is 11.3 Å². The monoisotopic (exact) mass is 413 g/mol. The zero-order valence-corrected chi connectivity index (χ0v) is 17.6. The van der Waals surface area contributed by atoms with E-state index in [1.165, 1.54) is 5.56 Å². The summed E-state index contributed by atoms with van der Waals surface area (Å²) in [6.45, 7) is 4.83. The molecule has 0 spiro atoms. The summed E-state index contributed by atoms with van der Waals surface area (Å²) in [6, 6.07) is 8.16. The van der Waals surface area contributed by atoms with Crippen molar-refractivity contribution in [3.8, 4) is 11.3 Å². The maximum Gasteiger partial charge on any atom is 0.223 e. The Morgan fingerprint density at radius 1 is 1.22 bits per heavy atom. The van der Waals surface area contributed by atoms with Crippen LogP contribution in [-0.2, 0) is 11.2 Å². The van der Waals surface area contributed by atoms with Crippen molar-refractivity contribution in [2.45, 2.75) is 32.6 Å². The Kier molecular flexibility index (Phi) is 9.84. The molecule has 27 heavy (non-hydrogen) atoms. The predicted molar refractivity (Wildman–Crippen MR) is 113 cm³/mol. The van der Waals surface area contributed by atoms with Gasteiger partial charge in [-0.2, -0.15) is 0 Å². The van der Waals surface area contributed by atoms with Crippen LogP contribution in [0.3, 0.4) is 0 Å². The molecule has 0 aliphatic carbocycles. The van der Waals surface area contributed by atoms with E-state index in [2.05, 4.69) is 29.4 Å². The van der Waals surface area contributed by atoms with Crippen LogP contribution in [0.1, 0.15) is 30.7 Å². The molecule has 1 N–H and O–H groups in total.